The summed E-state index contributed by atoms with van der Waals surface area (Å²) in [7, 11) is 1.96. The van der Waals surface area contributed by atoms with E-state index in [0.717, 1.165) is 10.9 Å². The van der Waals surface area contributed by atoms with Crippen molar-refractivity contribution in [3.05, 3.63) is 48.8 Å². The zero-order valence-corrected chi connectivity index (χ0v) is 10.5. The second-order valence-corrected chi connectivity index (χ2v) is 4.04. The van der Waals surface area contributed by atoms with E-state index in [4.69, 9.17) is 10.8 Å². The number of aromatic nitrogens is 2. The van der Waals surface area contributed by atoms with Crippen LogP contribution in [0.25, 0.3) is 10.9 Å². The minimum Gasteiger partial charge on any atom is -0.507 e. The molecule has 0 saturated carbocycles. The lowest BCUT2D eigenvalue weighted by molar-refractivity contribution is 0.476. The van der Waals surface area contributed by atoms with Gasteiger partial charge in [-0.15, -0.1) is 0 Å². The third-order valence-electron chi connectivity index (χ3n) is 2.72. The Balaban J connectivity index is 0.000000148. The molecule has 0 aliphatic heterocycles. The second-order valence-electron chi connectivity index (χ2n) is 4.04. The monoisotopic (exact) mass is 257 g/mol. The van der Waals surface area contributed by atoms with E-state index in [1.807, 2.05) is 36.0 Å². The number of hydrogen-bond donors (Lipinski definition) is 3. The number of rotatable bonds is 0. The molecular weight excluding hydrogens is 242 g/mol. The SMILES string of the molecule is Cn1ccc2c(O)cccc21.Nc1ncccc1O. The van der Waals surface area contributed by atoms with Crippen LogP contribution < -0.4 is 5.73 Å². The summed E-state index contributed by atoms with van der Waals surface area (Å²) in [5.41, 5.74) is 6.22. The van der Waals surface area contributed by atoms with E-state index in [0.29, 0.717) is 5.75 Å². The van der Waals surface area contributed by atoms with Crippen LogP contribution in [0.15, 0.2) is 48.8 Å². The molecule has 19 heavy (non-hydrogen) atoms. The number of phenols is 1. The van der Waals surface area contributed by atoms with Crippen molar-refractivity contribution in [3.63, 3.8) is 0 Å². The molecular formula is C14H15N3O2. The molecule has 3 aromatic rings. The molecule has 1 aromatic carbocycles. The quantitative estimate of drug-likeness (QED) is 0.576. The van der Waals surface area contributed by atoms with Gasteiger partial charge in [0.15, 0.2) is 11.6 Å². The smallest absolute Gasteiger partial charge is 0.165 e. The maximum Gasteiger partial charge on any atom is 0.165 e. The molecule has 0 unspecified atom stereocenters. The number of nitrogens with zero attached hydrogens (tertiary/aromatic N) is 2. The zero-order valence-electron chi connectivity index (χ0n) is 10.5. The van der Waals surface area contributed by atoms with Gasteiger partial charge in [0, 0.05) is 24.8 Å². The lowest BCUT2D eigenvalue weighted by atomic mass is 10.2. The summed E-state index contributed by atoms with van der Waals surface area (Å²) in [4.78, 5) is 3.61. The molecule has 0 bridgehead atoms. The van der Waals surface area contributed by atoms with Gasteiger partial charge in [0.2, 0.25) is 0 Å². The van der Waals surface area contributed by atoms with E-state index >= 15 is 0 Å². The van der Waals surface area contributed by atoms with Gasteiger partial charge in [-0.2, -0.15) is 0 Å². The Labute approximate surface area is 110 Å². The highest BCUT2D eigenvalue weighted by molar-refractivity contribution is 5.85. The van der Waals surface area contributed by atoms with Gasteiger partial charge in [0.1, 0.15) is 5.75 Å². The number of benzene rings is 1. The van der Waals surface area contributed by atoms with Crippen LogP contribution >= 0.6 is 0 Å². The minimum absolute atomic E-state index is 0.0347. The van der Waals surface area contributed by atoms with Crippen molar-refractivity contribution in [1.29, 1.82) is 0 Å². The molecule has 0 aliphatic carbocycles. The van der Waals surface area contributed by atoms with Crippen LogP contribution in [-0.2, 0) is 7.05 Å². The minimum atomic E-state index is 0.0347. The summed E-state index contributed by atoms with van der Waals surface area (Å²) >= 11 is 0. The third kappa shape index (κ3) is 2.77. The number of aryl methyl sites for hydroxylation is 1. The van der Waals surface area contributed by atoms with Gasteiger partial charge in [-0.05, 0) is 30.3 Å². The lowest BCUT2D eigenvalue weighted by Gasteiger charge is -1.96. The van der Waals surface area contributed by atoms with E-state index in [2.05, 4.69) is 4.98 Å². The molecule has 0 aliphatic rings. The molecule has 3 rings (SSSR count). The number of nitrogen functional groups attached to an aromatic ring is 1. The molecule has 2 heterocycles. The summed E-state index contributed by atoms with van der Waals surface area (Å²) in [6, 6.07) is 10.5. The fourth-order valence-corrected chi connectivity index (χ4v) is 1.70. The predicted molar refractivity (Wildman–Crippen MR) is 74.9 cm³/mol. The molecule has 0 saturated heterocycles. The van der Waals surface area contributed by atoms with Crippen molar-refractivity contribution < 1.29 is 10.2 Å². The van der Waals surface area contributed by atoms with E-state index in [-0.39, 0.29) is 11.6 Å². The maximum atomic E-state index is 9.37. The standard InChI is InChI=1S/C9H9NO.C5H6N2O/c1-10-6-5-7-8(10)3-2-4-9(7)11;6-5-4(8)2-1-3-7-5/h2-6,11H,1H3;1-3,8H,(H2,6,7). The Morgan fingerprint density at radius 2 is 1.79 bits per heavy atom. The lowest BCUT2D eigenvalue weighted by Crippen LogP contribution is -1.87. The van der Waals surface area contributed by atoms with E-state index in [9.17, 15) is 5.11 Å². The normalized spacial score (nSPS) is 9.95. The largest absolute Gasteiger partial charge is 0.507 e. The van der Waals surface area contributed by atoms with Crippen LogP contribution in [0, 0.1) is 0 Å². The van der Waals surface area contributed by atoms with Gasteiger partial charge in [0.25, 0.3) is 0 Å². The number of aromatic hydroxyl groups is 2. The van der Waals surface area contributed by atoms with Gasteiger partial charge in [0.05, 0.1) is 5.52 Å². The van der Waals surface area contributed by atoms with Crippen molar-refractivity contribution >= 4 is 16.7 Å². The van der Waals surface area contributed by atoms with Crippen molar-refractivity contribution in [2.75, 3.05) is 5.73 Å². The predicted octanol–water partition coefficient (Wildman–Crippen LogP) is 2.25. The van der Waals surface area contributed by atoms with Crippen LogP contribution in [0.3, 0.4) is 0 Å². The Hall–Kier alpha value is -2.69. The molecule has 4 N–H and O–H groups in total. The van der Waals surface area contributed by atoms with Crippen LogP contribution in [0.2, 0.25) is 0 Å². The van der Waals surface area contributed by atoms with Crippen LogP contribution in [0.5, 0.6) is 11.5 Å². The van der Waals surface area contributed by atoms with Crippen LogP contribution in [0.1, 0.15) is 0 Å². The van der Waals surface area contributed by atoms with Gasteiger partial charge < -0.3 is 20.5 Å². The number of hydrogen-bond acceptors (Lipinski definition) is 4. The van der Waals surface area contributed by atoms with Crippen LogP contribution in [0.4, 0.5) is 5.82 Å². The second kappa shape index (κ2) is 5.30. The van der Waals surface area contributed by atoms with Crippen molar-refractivity contribution in [2.24, 2.45) is 7.05 Å². The molecule has 0 radical (unpaired) electrons. The highest BCUT2D eigenvalue weighted by Crippen LogP contribution is 2.23. The van der Waals surface area contributed by atoms with Crippen molar-refractivity contribution in [3.8, 4) is 11.5 Å². The summed E-state index contributed by atoms with van der Waals surface area (Å²) in [6.07, 6.45) is 3.46. The first-order chi connectivity index (χ1) is 9.09. The van der Waals surface area contributed by atoms with Crippen molar-refractivity contribution in [2.45, 2.75) is 0 Å². The molecule has 2 aromatic heterocycles. The summed E-state index contributed by atoms with van der Waals surface area (Å²) in [6.45, 7) is 0. The molecule has 5 nitrogen and oxygen atoms in total. The first-order valence-electron chi connectivity index (χ1n) is 5.72. The fraction of sp³-hybridized carbons (Fsp3) is 0.0714. The number of anilines is 1. The molecule has 0 fully saturated rings. The molecule has 5 heteroatoms. The highest BCUT2D eigenvalue weighted by atomic mass is 16.3. The highest BCUT2D eigenvalue weighted by Gasteiger charge is 1.99. The Morgan fingerprint density at radius 3 is 2.37 bits per heavy atom. The van der Waals surface area contributed by atoms with Gasteiger partial charge in [-0.1, -0.05) is 6.07 Å². The van der Waals surface area contributed by atoms with Crippen molar-refractivity contribution in [1.82, 2.24) is 9.55 Å². The Bertz CT molecular complexity index is 671. The Kier molecular flexibility index (Phi) is 3.56. The molecule has 0 atom stereocenters. The molecule has 0 amide bonds. The van der Waals surface area contributed by atoms with E-state index in [1.54, 1.807) is 12.1 Å². The molecule has 98 valence electrons. The fourth-order valence-electron chi connectivity index (χ4n) is 1.70. The average molecular weight is 257 g/mol. The first-order valence-corrected chi connectivity index (χ1v) is 5.72. The van der Waals surface area contributed by atoms with Gasteiger partial charge in [-0.3, -0.25) is 0 Å². The number of phenolic OH excluding ortho intramolecular Hbond substituents is 1. The van der Waals surface area contributed by atoms with Gasteiger partial charge in [-0.25, -0.2) is 4.98 Å². The van der Waals surface area contributed by atoms with Gasteiger partial charge >= 0.3 is 0 Å². The number of nitrogens with two attached hydrogens (primary N) is 1. The Morgan fingerprint density at radius 1 is 1.05 bits per heavy atom. The first kappa shape index (κ1) is 12.8. The van der Waals surface area contributed by atoms with E-state index < -0.39 is 0 Å². The number of fused-ring (bicyclic) bond motifs is 1. The average Bonchev–Trinajstić information content (AvgIpc) is 2.78. The topological polar surface area (TPSA) is 84.3 Å². The van der Waals surface area contributed by atoms with E-state index in [1.165, 1.54) is 12.3 Å². The summed E-state index contributed by atoms with van der Waals surface area (Å²) in [5.74, 6) is 0.558. The third-order valence-corrected chi connectivity index (χ3v) is 2.72. The zero-order chi connectivity index (χ0) is 13.8. The van der Waals surface area contributed by atoms with Crippen LogP contribution in [-0.4, -0.2) is 19.8 Å². The maximum absolute atomic E-state index is 9.37. The summed E-state index contributed by atoms with van der Waals surface area (Å²) < 4.78 is 1.98. The summed E-state index contributed by atoms with van der Waals surface area (Å²) in [5, 5.41) is 19.0. The number of pyridine rings is 1. The molecule has 0 spiro atoms.